The van der Waals surface area contributed by atoms with Crippen molar-refractivity contribution in [2.75, 3.05) is 13.1 Å². The molecule has 0 aliphatic rings. The Hall–Kier alpha value is -1.42. The van der Waals surface area contributed by atoms with E-state index in [4.69, 9.17) is 5.73 Å². The lowest BCUT2D eigenvalue weighted by Gasteiger charge is -2.26. The van der Waals surface area contributed by atoms with Gasteiger partial charge in [-0.05, 0) is 30.7 Å². The zero-order chi connectivity index (χ0) is 14.5. The van der Waals surface area contributed by atoms with Crippen molar-refractivity contribution in [3.8, 4) is 0 Å². The first-order chi connectivity index (χ1) is 8.86. The summed E-state index contributed by atoms with van der Waals surface area (Å²) in [7, 11) is 0. The predicted octanol–water partition coefficient (Wildman–Crippen LogP) is 2.20. The Morgan fingerprint density at radius 1 is 1.47 bits per heavy atom. The number of hydrogen-bond acceptors (Lipinski definition) is 2. The van der Waals surface area contributed by atoms with Gasteiger partial charge in [-0.3, -0.25) is 4.79 Å². The quantitative estimate of drug-likeness (QED) is 0.829. The molecular weight excluding hydrogens is 243 g/mol. The molecule has 3 N–H and O–H groups in total. The van der Waals surface area contributed by atoms with Crippen molar-refractivity contribution >= 4 is 5.91 Å². The second-order valence-electron chi connectivity index (χ2n) is 5.59. The van der Waals surface area contributed by atoms with Crippen LogP contribution in [0.2, 0.25) is 0 Å². The van der Waals surface area contributed by atoms with Crippen molar-refractivity contribution < 1.29 is 9.18 Å². The molecule has 3 nitrogen and oxygen atoms in total. The summed E-state index contributed by atoms with van der Waals surface area (Å²) in [6.45, 7) is 6.80. The number of benzene rings is 1. The van der Waals surface area contributed by atoms with E-state index in [9.17, 15) is 9.18 Å². The number of hydrogen-bond donors (Lipinski definition) is 2. The molecule has 0 saturated heterocycles. The highest BCUT2D eigenvalue weighted by Crippen LogP contribution is 2.23. The summed E-state index contributed by atoms with van der Waals surface area (Å²) in [5, 5.41) is 2.91. The second-order valence-corrected chi connectivity index (χ2v) is 5.59. The molecule has 1 atom stereocenters. The minimum absolute atomic E-state index is 0.00470. The zero-order valence-electron chi connectivity index (χ0n) is 11.9. The van der Waals surface area contributed by atoms with Crippen molar-refractivity contribution in [3.05, 3.63) is 35.6 Å². The Morgan fingerprint density at radius 2 is 2.16 bits per heavy atom. The fraction of sp³-hybridized carbons (Fsp3) is 0.533. The highest BCUT2D eigenvalue weighted by Gasteiger charge is 2.23. The maximum absolute atomic E-state index is 13.2. The number of halogens is 1. The Morgan fingerprint density at radius 3 is 2.74 bits per heavy atom. The van der Waals surface area contributed by atoms with Crippen LogP contribution in [0.1, 0.15) is 32.8 Å². The van der Waals surface area contributed by atoms with Crippen LogP contribution in [0.3, 0.4) is 0 Å². The zero-order valence-corrected chi connectivity index (χ0v) is 11.9. The van der Waals surface area contributed by atoms with Crippen LogP contribution in [0.5, 0.6) is 0 Å². The summed E-state index contributed by atoms with van der Waals surface area (Å²) >= 11 is 0. The average Bonchev–Trinajstić information content (AvgIpc) is 2.36. The van der Waals surface area contributed by atoms with Crippen molar-refractivity contribution in [3.63, 3.8) is 0 Å². The number of amides is 1. The molecule has 0 spiro atoms. The topological polar surface area (TPSA) is 55.1 Å². The van der Waals surface area contributed by atoms with E-state index in [1.54, 1.807) is 6.07 Å². The standard InChI is InChI=1S/C15H23FN2O/c1-11(7-8-17)14(19)18-10-15(2,3)12-5-4-6-13(16)9-12/h4-6,9,11H,7-8,10,17H2,1-3H3,(H,18,19). The molecule has 19 heavy (non-hydrogen) atoms. The Kier molecular flexibility index (Phi) is 5.48. The first-order valence-corrected chi connectivity index (χ1v) is 6.60. The smallest absolute Gasteiger partial charge is 0.222 e. The third-order valence-electron chi connectivity index (χ3n) is 3.36. The summed E-state index contributed by atoms with van der Waals surface area (Å²) in [5.74, 6) is -0.350. The second kappa shape index (κ2) is 6.66. The molecule has 1 amide bonds. The predicted molar refractivity (Wildman–Crippen MR) is 75.3 cm³/mol. The summed E-state index contributed by atoms with van der Waals surface area (Å²) in [6.07, 6.45) is 0.673. The van der Waals surface area contributed by atoms with Gasteiger partial charge >= 0.3 is 0 Å². The van der Waals surface area contributed by atoms with Crippen LogP contribution in [-0.2, 0) is 10.2 Å². The van der Waals surface area contributed by atoms with Crippen molar-refractivity contribution in [2.24, 2.45) is 11.7 Å². The fourth-order valence-corrected chi connectivity index (χ4v) is 1.87. The van der Waals surface area contributed by atoms with E-state index < -0.39 is 0 Å². The molecule has 0 saturated carbocycles. The van der Waals surface area contributed by atoms with Gasteiger partial charge in [0.15, 0.2) is 0 Å². The van der Waals surface area contributed by atoms with Crippen LogP contribution in [0.4, 0.5) is 4.39 Å². The first kappa shape index (κ1) is 15.6. The van der Waals surface area contributed by atoms with Crippen LogP contribution in [0.25, 0.3) is 0 Å². The molecule has 0 aliphatic heterocycles. The van der Waals surface area contributed by atoms with E-state index in [1.165, 1.54) is 12.1 Å². The van der Waals surface area contributed by atoms with Crippen LogP contribution in [0.15, 0.2) is 24.3 Å². The van der Waals surface area contributed by atoms with Gasteiger partial charge < -0.3 is 11.1 Å². The molecule has 106 valence electrons. The molecule has 0 aliphatic carbocycles. The van der Waals surface area contributed by atoms with E-state index in [0.29, 0.717) is 19.5 Å². The Bertz CT molecular complexity index is 432. The minimum atomic E-state index is -0.305. The van der Waals surface area contributed by atoms with Crippen molar-refractivity contribution in [2.45, 2.75) is 32.6 Å². The fourth-order valence-electron chi connectivity index (χ4n) is 1.87. The van der Waals surface area contributed by atoms with E-state index in [2.05, 4.69) is 5.32 Å². The Balaban J connectivity index is 2.63. The molecule has 0 bridgehead atoms. The molecule has 1 aromatic carbocycles. The van der Waals surface area contributed by atoms with Crippen LogP contribution in [-0.4, -0.2) is 19.0 Å². The van der Waals surface area contributed by atoms with Crippen LogP contribution >= 0.6 is 0 Å². The molecule has 1 aromatic rings. The molecule has 0 heterocycles. The normalized spacial score (nSPS) is 13.1. The van der Waals surface area contributed by atoms with Gasteiger partial charge in [0.05, 0.1) is 0 Å². The molecule has 0 radical (unpaired) electrons. The van der Waals surface area contributed by atoms with E-state index in [-0.39, 0.29) is 23.1 Å². The number of nitrogens with two attached hydrogens (primary N) is 1. The number of carbonyl (C=O) groups excluding carboxylic acids is 1. The molecule has 4 heteroatoms. The number of rotatable bonds is 6. The summed E-state index contributed by atoms with van der Waals surface area (Å²) in [4.78, 5) is 11.8. The monoisotopic (exact) mass is 266 g/mol. The van der Waals surface area contributed by atoms with Crippen molar-refractivity contribution in [1.82, 2.24) is 5.32 Å². The molecule has 1 rings (SSSR count). The minimum Gasteiger partial charge on any atom is -0.355 e. The van der Waals surface area contributed by atoms with Gasteiger partial charge in [-0.25, -0.2) is 4.39 Å². The summed E-state index contributed by atoms with van der Waals surface area (Å²) < 4.78 is 13.2. The lowest BCUT2D eigenvalue weighted by atomic mass is 9.84. The van der Waals surface area contributed by atoms with Gasteiger partial charge in [0.2, 0.25) is 5.91 Å². The third kappa shape index (κ3) is 4.63. The highest BCUT2D eigenvalue weighted by atomic mass is 19.1. The maximum atomic E-state index is 13.2. The number of carbonyl (C=O) groups is 1. The lowest BCUT2D eigenvalue weighted by molar-refractivity contribution is -0.124. The van der Waals surface area contributed by atoms with E-state index >= 15 is 0 Å². The van der Waals surface area contributed by atoms with Gasteiger partial charge in [-0.1, -0.05) is 32.9 Å². The van der Waals surface area contributed by atoms with Gasteiger partial charge in [-0.15, -0.1) is 0 Å². The van der Waals surface area contributed by atoms with Gasteiger partial charge in [0, 0.05) is 17.9 Å². The summed E-state index contributed by atoms with van der Waals surface area (Å²) in [6, 6.07) is 6.49. The van der Waals surface area contributed by atoms with E-state index in [1.807, 2.05) is 26.8 Å². The maximum Gasteiger partial charge on any atom is 0.222 e. The first-order valence-electron chi connectivity index (χ1n) is 6.60. The average molecular weight is 266 g/mol. The molecule has 1 unspecified atom stereocenters. The van der Waals surface area contributed by atoms with Crippen LogP contribution in [0, 0.1) is 11.7 Å². The van der Waals surface area contributed by atoms with Crippen molar-refractivity contribution in [1.29, 1.82) is 0 Å². The van der Waals surface area contributed by atoms with Gasteiger partial charge in [0.25, 0.3) is 0 Å². The third-order valence-corrected chi connectivity index (χ3v) is 3.36. The van der Waals surface area contributed by atoms with Crippen LogP contribution < -0.4 is 11.1 Å². The molecule has 0 aromatic heterocycles. The largest absolute Gasteiger partial charge is 0.355 e. The Labute approximate surface area is 114 Å². The summed E-state index contributed by atoms with van der Waals surface area (Å²) in [5.41, 5.74) is 6.00. The SMILES string of the molecule is CC(CCN)C(=O)NCC(C)(C)c1cccc(F)c1. The lowest BCUT2D eigenvalue weighted by Crippen LogP contribution is -2.39. The number of nitrogens with one attached hydrogen (secondary N) is 1. The molecular formula is C15H23FN2O. The molecule has 0 fully saturated rings. The van der Waals surface area contributed by atoms with Gasteiger partial charge in [0.1, 0.15) is 5.82 Å². The highest BCUT2D eigenvalue weighted by molar-refractivity contribution is 5.78. The van der Waals surface area contributed by atoms with Gasteiger partial charge in [-0.2, -0.15) is 0 Å². The van der Waals surface area contributed by atoms with E-state index in [0.717, 1.165) is 5.56 Å².